The lowest BCUT2D eigenvalue weighted by atomic mass is 10.2. The van der Waals surface area contributed by atoms with Gasteiger partial charge in [-0.1, -0.05) is 23.2 Å². The smallest absolute Gasteiger partial charge is 0.267 e. The summed E-state index contributed by atoms with van der Waals surface area (Å²) in [6, 6.07) is 12.8. The summed E-state index contributed by atoms with van der Waals surface area (Å²) in [4.78, 5) is 22.7. The second-order valence-corrected chi connectivity index (χ2v) is 9.63. The van der Waals surface area contributed by atoms with Crippen molar-refractivity contribution >= 4 is 51.8 Å². The first-order chi connectivity index (χ1) is 15.4. The van der Waals surface area contributed by atoms with Gasteiger partial charge in [0.2, 0.25) is 0 Å². The van der Waals surface area contributed by atoms with Gasteiger partial charge in [-0.05, 0) is 56.4 Å². The number of hydrogen-bond donors (Lipinski definition) is 1. The molecule has 1 saturated heterocycles. The summed E-state index contributed by atoms with van der Waals surface area (Å²) in [7, 11) is 2.11. The first kappa shape index (κ1) is 22.9. The Balaban J connectivity index is 1.47. The van der Waals surface area contributed by atoms with Crippen molar-refractivity contribution in [2.45, 2.75) is 13.5 Å². The molecule has 9 heteroatoms. The summed E-state index contributed by atoms with van der Waals surface area (Å²) in [6.45, 7) is 5.85. The lowest BCUT2D eigenvalue weighted by molar-refractivity contribution is 0.103. The van der Waals surface area contributed by atoms with Crippen LogP contribution in [0, 0.1) is 6.92 Å². The van der Waals surface area contributed by atoms with E-state index in [1.54, 1.807) is 30.3 Å². The van der Waals surface area contributed by atoms with Gasteiger partial charge in [-0.25, -0.2) is 4.98 Å². The Labute approximate surface area is 201 Å². The van der Waals surface area contributed by atoms with Gasteiger partial charge < -0.3 is 19.9 Å². The van der Waals surface area contributed by atoms with E-state index in [0.717, 1.165) is 36.9 Å². The molecule has 1 N–H and O–H groups in total. The van der Waals surface area contributed by atoms with E-state index in [1.165, 1.54) is 11.3 Å². The SMILES string of the molecule is Cc1nc(COc2ccc(Cl)cc2)sc1C(=O)Nc1cc(Cl)ccc1N1CCN(C)CC1. The molecule has 1 aromatic heterocycles. The Morgan fingerprint density at radius 3 is 2.50 bits per heavy atom. The Kier molecular flexibility index (Phi) is 7.20. The van der Waals surface area contributed by atoms with Crippen LogP contribution in [-0.4, -0.2) is 49.0 Å². The Hall–Kier alpha value is -2.32. The Morgan fingerprint density at radius 2 is 1.78 bits per heavy atom. The molecule has 0 radical (unpaired) electrons. The predicted octanol–water partition coefficient (Wildman–Crippen LogP) is 5.34. The molecule has 0 unspecified atom stereocenters. The summed E-state index contributed by atoms with van der Waals surface area (Å²) < 4.78 is 5.77. The molecule has 1 aliphatic heterocycles. The fourth-order valence-electron chi connectivity index (χ4n) is 3.51. The zero-order valence-electron chi connectivity index (χ0n) is 17.9. The minimum atomic E-state index is -0.199. The summed E-state index contributed by atoms with van der Waals surface area (Å²) >= 11 is 13.5. The van der Waals surface area contributed by atoms with Crippen molar-refractivity contribution in [3.63, 3.8) is 0 Å². The standard InChI is InChI=1S/C23H24Cl2N4O2S/c1-15-22(32-21(26-15)14-31-18-6-3-16(24)4-7-18)23(30)27-19-13-17(25)5-8-20(19)29-11-9-28(2)10-12-29/h3-8,13H,9-12,14H2,1-2H3,(H,27,30). The van der Waals surface area contributed by atoms with Crippen molar-refractivity contribution in [1.82, 2.24) is 9.88 Å². The normalized spacial score (nSPS) is 14.4. The number of nitrogens with one attached hydrogen (secondary N) is 1. The molecule has 2 aromatic carbocycles. The van der Waals surface area contributed by atoms with Crippen LogP contribution in [0.2, 0.25) is 10.0 Å². The van der Waals surface area contributed by atoms with Gasteiger partial charge >= 0.3 is 0 Å². The molecule has 168 valence electrons. The quantitative estimate of drug-likeness (QED) is 0.505. The third-order valence-corrected chi connectivity index (χ3v) is 6.89. The van der Waals surface area contributed by atoms with E-state index in [1.807, 2.05) is 19.1 Å². The maximum Gasteiger partial charge on any atom is 0.267 e. The van der Waals surface area contributed by atoms with Gasteiger partial charge in [-0.3, -0.25) is 4.79 Å². The molecule has 0 aliphatic carbocycles. The molecule has 0 bridgehead atoms. The van der Waals surface area contributed by atoms with Gasteiger partial charge in [-0.2, -0.15) is 0 Å². The average Bonchev–Trinajstić information content (AvgIpc) is 3.15. The third-order valence-electron chi connectivity index (χ3n) is 5.27. The highest BCUT2D eigenvalue weighted by Gasteiger charge is 2.21. The zero-order valence-corrected chi connectivity index (χ0v) is 20.2. The van der Waals surface area contributed by atoms with E-state index in [9.17, 15) is 4.79 Å². The van der Waals surface area contributed by atoms with Crippen LogP contribution in [0.15, 0.2) is 42.5 Å². The topological polar surface area (TPSA) is 57.7 Å². The number of halogens is 2. The molecular formula is C23H24Cl2N4O2S. The van der Waals surface area contributed by atoms with E-state index in [4.69, 9.17) is 27.9 Å². The molecule has 1 fully saturated rings. The van der Waals surface area contributed by atoms with Gasteiger partial charge in [0.25, 0.3) is 5.91 Å². The summed E-state index contributed by atoms with van der Waals surface area (Å²) in [5.74, 6) is 0.499. The molecule has 6 nitrogen and oxygen atoms in total. The minimum Gasteiger partial charge on any atom is -0.486 e. The highest BCUT2D eigenvalue weighted by atomic mass is 35.5. The maximum absolute atomic E-state index is 13.1. The van der Waals surface area contributed by atoms with Crippen molar-refractivity contribution in [3.05, 3.63) is 68.1 Å². The molecule has 0 spiro atoms. The van der Waals surface area contributed by atoms with Crippen LogP contribution < -0.4 is 15.0 Å². The number of amides is 1. The predicted molar refractivity (Wildman–Crippen MR) is 132 cm³/mol. The second-order valence-electron chi connectivity index (χ2n) is 7.67. The van der Waals surface area contributed by atoms with Gasteiger partial charge in [-0.15, -0.1) is 11.3 Å². The molecule has 4 rings (SSSR count). The number of ether oxygens (including phenoxy) is 1. The van der Waals surface area contributed by atoms with Gasteiger partial charge in [0.1, 0.15) is 22.2 Å². The number of likely N-dealkylation sites (N-methyl/N-ethyl adjacent to an activating group) is 1. The van der Waals surface area contributed by atoms with E-state index >= 15 is 0 Å². The van der Waals surface area contributed by atoms with Crippen LogP contribution in [0.25, 0.3) is 0 Å². The number of nitrogens with zero attached hydrogens (tertiary/aromatic N) is 3. The number of carbonyl (C=O) groups excluding carboxylic acids is 1. The first-order valence-corrected chi connectivity index (χ1v) is 11.9. The Morgan fingerprint density at radius 1 is 1.09 bits per heavy atom. The fraction of sp³-hybridized carbons (Fsp3) is 0.304. The molecule has 2 heterocycles. The molecular weight excluding hydrogens is 467 g/mol. The number of aryl methyl sites for hydroxylation is 1. The number of anilines is 2. The first-order valence-electron chi connectivity index (χ1n) is 10.3. The van der Waals surface area contributed by atoms with Gasteiger partial charge in [0, 0.05) is 36.2 Å². The van der Waals surface area contributed by atoms with E-state index in [-0.39, 0.29) is 12.5 Å². The fourth-order valence-corrected chi connectivity index (χ4v) is 4.68. The molecule has 1 aliphatic rings. The molecule has 1 amide bonds. The summed E-state index contributed by atoms with van der Waals surface area (Å²) in [6.07, 6.45) is 0. The van der Waals surface area contributed by atoms with E-state index < -0.39 is 0 Å². The lowest BCUT2D eigenvalue weighted by Gasteiger charge is -2.35. The van der Waals surface area contributed by atoms with Crippen LogP contribution >= 0.6 is 34.5 Å². The van der Waals surface area contributed by atoms with Crippen molar-refractivity contribution in [2.24, 2.45) is 0 Å². The third kappa shape index (κ3) is 5.53. The van der Waals surface area contributed by atoms with Crippen LogP contribution in [0.1, 0.15) is 20.4 Å². The average molecular weight is 491 g/mol. The number of carbonyl (C=O) groups is 1. The number of hydrogen-bond acceptors (Lipinski definition) is 6. The number of rotatable bonds is 6. The van der Waals surface area contributed by atoms with Crippen molar-refractivity contribution in [3.8, 4) is 5.75 Å². The van der Waals surface area contributed by atoms with E-state index in [2.05, 4.69) is 27.1 Å². The maximum atomic E-state index is 13.1. The van der Waals surface area contributed by atoms with E-state index in [0.29, 0.717) is 32.1 Å². The minimum absolute atomic E-state index is 0.199. The Bertz CT molecular complexity index is 1100. The van der Waals surface area contributed by atoms with Crippen molar-refractivity contribution in [2.75, 3.05) is 43.4 Å². The van der Waals surface area contributed by atoms with Crippen LogP contribution in [0.5, 0.6) is 5.75 Å². The highest BCUT2D eigenvalue weighted by Crippen LogP contribution is 2.31. The van der Waals surface area contributed by atoms with Gasteiger partial charge in [0.05, 0.1) is 17.1 Å². The highest BCUT2D eigenvalue weighted by molar-refractivity contribution is 7.13. The monoisotopic (exact) mass is 490 g/mol. The number of thiazole rings is 1. The van der Waals surface area contributed by atoms with Crippen molar-refractivity contribution in [1.29, 1.82) is 0 Å². The summed E-state index contributed by atoms with van der Waals surface area (Å²) in [5.41, 5.74) is 2.36. The molecule has 3 aromatic rings. The zero-order chi connectivity index (χ0) is 22.7. The lowest BCUT2D eigenvalue weighted by Crippen LogP contribution is -2.44. The van der Waals surface area contributed by atoms with Gasteiger partial charge in [0.15, 0.2) is 0 Å². The molecule has 32 heavy (non-hydrogen) atoms. The largest absolute Gasteiger partial charge is 0.486 e. The van der Waals surface area contributed by atoms with Crippen LogP contribution in [-0.2, 0) is 6.61 Å². The van der Waals surface area contributed by atoms with Crippen molar-refractivity contribution < 1.29 is 9.53 Å². The number of piperazine rings is 1. The van der Waals surface area contributed by atoms with Crippen LogP contribution in [0.4, 0.5) is 11.4 Å². The second kappa shape index (κ2) is 10.1. The molecule has 0 saturated carbocycles. The summed E-state index contributed by atoms with van der Waals surface area (Å²) in [5, 5.41) is 5.01. The number of benzene rings is 2. The van der Waals surface area contributed by atoms with Crippen LogP contribution in [0.3, 0.4) is 0 Å². The number of aromatic nitrogens is 1. The molecule has 0 atom stereocenters.